The number of carbonyl (C=O) groups is 2. The molecule has 2 aromatic rings. The third kappa shape index (κ3) is 6.84. The van der Waals surface area contributed by atoms with Gasteiger partial charge in [-0.15, -0.1) is 5.10 Å². The molecule has 0 radical (unpaired) electrons. The summed E-state index contributed by atoms with van der Waals surface area (Å²) in [4.78, 5) is 29.3. The van der Waals surface area contributed by atoms with E-state index in [1.165, 1.54) is 11.9 Å². The third-order valence-electron chi connectivity index (χ3n) is 5.51. The van der Waals surface area contributed by atoms with Gasteiger partial charge in [-0.25, -0.2) is 15.8 Å². The number of carbonyl (C=O) groups excluding carboxylic acids is 2. The predicted molar refractivity (Wildman–Crippen MR) is 136 cm³/mol. The van der Waals surface area contributed by atoms with E-state index in [4.69, 9.17) is 17.3 Å². The predicted octanol–water partition coefficient (Wildman–Crippen LogP) is 1.98. The van der Waals surface area contributed by atoms with Crippen LogP contribution in [-0.4, -0.2) is 59.4 Å². The number of urea groups is 1. The van der Waals surface area contributed by atoms with Crippen molar-refractivity contribution in [1.82, 2.24) is 20.2 Å². The molecule has 0 bridgehead atoms. The first-order chi connectivity index (χ1) is 16.2. The van der Waals surface area contributed by atoms with Crippen LogP contribution in [-0.2, 0) is 11.3 Å². The molecule has 34 heavy (non-hydrogen) atoms. The van der Waals surface area contributed by atoms with Gasteiger partial charge in [0.2, 0.25) is 5.91 Å². The summed E-state index contributed by atoms with van der Waals surface area (Å²) in [5.74, 6) is 5.56. The highest BCUT2D eigenvalue weighted by molar-refractivity contribution is 9.10. The van der Waals surface area contributed by atoms with Gasteiger partial charge in [-0.05, 0) is 42.2 Å². The molecular formula is C23H31BrN8O2. The third-order valence-corrected chi connectivity index (χ3v) is 6.23. The maximum atomic E-state index is 13.0. The van der Waals surface area contributed by atoms with Gasteiger partial charge in [0.25, 0.3) is 0 Å². The summed E-state index contributed by atoms with van der Waals surface area (Å²) in [6.45, 7) is 0.827. The Bertz CT molecular complexity index is 1030. The van der Waals surface area contributed by atoms with Gasteiger partial charge in [0.1, 0.15) is 5.84 Å². The number of hydrogen-bond donors (Lipinski definition) is 4. The largest absolute Gasteiger partial charge is 0.399 e. The minimum atomic E-state index is -0.431. The fourth-order valence-electron chi connectivity index (χ4n) is 3.97. The van der Waals surface area contributed by atoms with E-state index in [9.17, 15) is 9.59 Å². The van der Waals surface area contributed by atoms with E-state index in [1.807, 2.05) is 41.3 Å². The van der Waals surface area contributed by atoms with E-state index >= 15 is 0 Å². The van der Waals surface area contributed by atoms with Gasteiger partial charge in [0.05, 0.1) is 19.1 Å². The second kappa shape index (κ2) is 11.7. The molecule has 182 valence electrons. The monoisotopic (exact) mass is 530 g/mol. The highest BCUT2D eigenvalue weighted by atomic mass is 79.9. The smallest absolute Gasteiger partial charge is 0.318 e. The highest BCUT2D eigenvalue weighted by Gasteiger charge is 2.31. The van der Waals surface area contributed by atoms with Crippen molar-refractivity contribution in [2.24, 2.45) is 16.7 Å². The number of benzene rings is 2. The van der Waals surface area contributed by atoms with Crippen LogP contribution >= 0.6 is 15.9 Å². The van der Waals surface area contributed by atoms with E-state index in [0.29, 0.717) is 12.2 Å². The van der Waals surface area contributed by atoms with Crippen LogP contribution in [0.5, 0.6) is 0 Å². The maximum Gasteiger partial charge on any atom is 0.318 e. The van der Waals surface area contributed by atoms with Gasteiger partial charge in [-0.1, -0.05) is 46.3 Å². The van der Waals surface area contributed by atoms with Crippen LogP contribution in [0.1, 0.15) is 30.0 Å². The lowest BCUT2D eigenvalue weighted by molar-refractivity contribution is -0.131. The minimum absolute atomic E-state index is 0.0197. The molecule has 1 heterocycles. The van der Waals surface area contributed by atoms with Crippen molar-refractivity contribution < 1.29 is 9.59 Å². The molecule has 1 saturated heterocycles. The molecule has 0 saturated carbocycles. The normalized spacial score (nSPS) is 15.8. The second-order valence-corrected chi connectivity index (χ2v) is 9.04. The van der Waals surface area contributed by atoms with Crippen molar-refractivity contribution in [3.05, 3.63) is 64.1 Å². The summed E-state index contributed by atoms with van der Waals surface area (Å²) in [5.41, 5.74) is 14.3. The van der Waals surface area contributed by atoms with E-state index in [2.05, 4.69) is 26.3 Å². The number of hydrazone groups is 1. The van der Waals surface area contributed by atoms with Crippen LogP contribution in [0.25, 0.3) is 0 Å². The Morgan fingerprint density at radius 1 is 1.21 bits per heavy atom. The van der Waals surface area contributed by atoms with E-state index in [0.717, 1.165) is 33.6 Å². The quantitative estimate of drug-likeness (QED) is 0.135. The molecule has 1 aliphatic heterocycles. The Hall–Kier alpha value is -3.31. The number of likely N-dealkylation sites (tertiary alicyclic amines) is 1. The summed E-state index contributed by atoms with van der Waals surface area (Å²) < 4.78 is 0.970. The first-order valence-corrected chi connectivity index (χ1v) is 11.8. The summed E-state index contributed by atoms with van der Waals surface area (Å²) >= 11 is 3.58. The van der Waals surface area contributed by atoms with Crippen LogP contribution < -0.4 is 22.6 Å². The van der Waals surface area contributed by atoms with Crippen molar-refractivity contribution in [2.75, 3.05) is 32.4 Å². The van der Waals surface area contributed by atoms with Crippen LogP contribution in [0, 0.1) is 0 Å². The zero-order valence-corrected chi connectivity index (χ0v) is 20.7. The topological polar surface area (TPSA) is 146 Å². The van der Waals surface area contributed by atoms with E-state index < -0.39 is 6.03 Å². The molecule has 0 aliphatic carbocycles. The Morgan fingerprint density at radius 3 is 2.59 bits per heavy atom. The lowest BCUT2D eigenvalue weighted by Gasteiger charge is -2.27. The zero-order chi connectivity index (χ0) is 24.7. The number of nitrogens with one attached hydrogen (secondary N) is 1. The number of nitrogen functional groups attached to an aromatic ring is 1. The van der Waals surface area contributed by atoms with E-state index in [1.54, 1.807) is 12.1 Å². The number of anilines is 1. The van der Waals surface area contributed by atoms with Crippen LogP contribution in [0.15, 0.2) is 58.1 Å². The fraction of sp³-hybridized carbons (Fsp3) is 0.348. The van der Waals surface area contributed by atoms with Gasteiger partial charge in [0.15, 0.2) is 0 Å². The molecule has 11 heteroatoms. The van der Waals surface area contributed by atoms with Gasteiger partial charge in [-0.3, -0.25) is 4.79 Å². The average Bonchev–Trinajstić information content (AvgIpc) is 3.28. The molecule has 3 amide bonds. The van der Waals surface area contributed by atoms with Crippen molar-refractivity contribution in [3.63, 3.8) is 0 Å². The Labute approximate surface area is 207 Å². The Balaban J connectivity index is 1.67. The number of nitrogens with two attached hydrogens (primary N) is 3. The van der Waals surface area contributed by atoms with Crippen LogP contribution in [0.2, 0.25) is 0 Å². The SMILES string of the molecule is CN(N)/N=C(\N)CN(Cc1ccc(N)cc1)C(=O)NCC(=O)N1CCCC1c1ccccc1Br. The Morgan fingerprint density at radius 2 is 1.91 bits per heavy atom. The first-order valence-electron chi connectivity index (χ1n) is 11.0. The number of amidine groups is 1. The molecule has 1 fully saturated rings. The number of amides is 3. The Kier molecular flexibility index (Phi) is 8.72. The molecule has 10 nitrogen and oxygen atoms in total. The molecule has 0 aromatic heterocycles. The van der Waals surface area contributed by atoms with Crippen molar-refractivity contribution in [2.45, 2.75) is 25.4 Å². The summed E-state index contributed by atoms with van der Waals surface area (Å²) in [6.07, 6.45) is 1.79. The number of rotatable bonds is 8. The molecule has 7 N–H and O–H groups in total. The molecule has 1 atom stereocenters. The van der Waals surface area contributed by atoms with Crippen LogP contribution in [0.4, 0.5) is 10.5 Å². The molecular weight excluding hydrogens is 500 g/mol. The number of hydrogen-bond acceptors (Lipinski definition) is 6. The van der Waals surface area contributed by atoms with Crippen molar-refractivity contribution >= 4 is 39.4 Å². The average molecular weight is 531 g/mol. The van der Waals surface area contributed by atoms with Gasteiger partial charge in [-0.2, -0.15) is 0 Å². The second-order valence-electron chi connectivity index (χ2n) is 8.19. The summed E-state index contributed by atoms with van der Waals surface area (Å²) in [5, 5.41) is 7.77. The molecule has 2 aromatic carbocycles. The first kappa shape index (κ1) is 25.3. The van der Waals surface area contributed by atoms with E-state index in [-0.39, 0.29) is 37.4 Å². The lowest BCUT2D eigenvalue weighted by atomic mass is 10.0. The molecule has 0 spiro atoms. The van der Waals surface area contributed by atoms with Crippen molar-refractivity contribution in [1.29, 1.82) is 0 Å². The summed E-state index contributed by atoms with van der Waals surface area (Å²) in [6, 6.07) is 14.6. The van der Waals surface area contributed by atoms with Crippen molar-refractivity contribution in [3.8, 4) is 0 Å². The standard InChI is InChI=1S/C23H31BrN8O2/c1-30(27)29-21(26)15-31(14-16-8-10-17(25)11-9-16)23(34)28-13-22(33)32-12-4-7-20(32)18-5-2-3-6-19(18)24/h2-3,5-6,8-11,20H,4,7,12-15,25,27H2,1H3,(H2,26,29)(H,28,34). The minimum Gasteiger partial charge on any atom is -0.399 e. The fourth-order valence-corrected chi connectivity index (χ4v) is 4.52. The van der Waals surface area contributed by atoms with Crippen LogP contribution in [0.3, 0.4) is 0 Å². The summed E-state index contributed by atoms with van der Waals surface area (Å²) in [7, 11) is 1.54. The molecule has 3 rings (SSSR count). The number of nitrogens with zero attached hydrogens (tertiary/aromatic N) is 4. The van der Waals surface area contributed by atoms with Gasteiger partial charge < -0.3 is 26.6 Å². The highest BCUT2D eigenvalue weighted by Crippen LogP contribution is 2.35. The number of hydrazine groups is 1. The van der Waals surface area contributed by atoms with Gasteiger partial charge in [0, 0.05) is 30.3 Å². The molecule has 1 aliphatic rings. The molecule has 1 unspecified atom stereocenters. The maximum absolute atomic E-state index is 13.0. The van der Waals surface area contributed by atoms with Gasteiger partial charge >= 0.3 is 6.03 Å². The lowest BCUT2D eigenvalue weighted by Crippen LogP contribution is -2.47. The number of halogens is 1. The zero-order valence-electron chi connectivity index (χ0n) is 19.2.